The van der Waals surface area contributed by atoms with Crippen molar-refractivity contribution in [3.8, 4) is 0 Å². The van der Waals surface area contributed by atoms with Gasteiger partial charge in [-0.3, -0.25) is 4.79 Å². The second-order valence-electron chi connectivity index (χ2n) is 24.9. The SMILES string of the molecule is CCN(C(=O)CCC/C=C\C[C@H]1C(O[Si](C)(C)C(C)(C)C)CC(O[Si](C)(C)C(C)(C)C)[C@@H]1CC[C@@H](CCc1ccccc1)O[Si](C)(C)C(C)(C)C)C1CN(CCCOC)S(=O)(=O)c2sc(S(N)(=O)=O)cc21. The lowest BCUT2D eigenvalue weighted by Gasteiger charge is -2.41. The number of benzene rings is 1. The van der Waals surface area contributed by atoms with Gasteiger partial charge in [0.25, 0.3) is 10.0 Å². The van der Waals surface area contributed by atoms with Gasteiger partial charge in [-0.1, -0.05) is 105 Å². The molecule has 2 aliphatic rings. The Morgan fingerprint density at radius 2 is 1.45 bits per heavy atom. The summed E-state index contributed by atoms with van der Waals surface area (Å²) >= 11 is 0.650. The molecule has 12 nitrogen and oxygen atoms in total. The third-order valence-electron chi connectivity index (χ3n) is 16.6. The first-order valence-corrected chi connectivity index (χ1v) is 38.8. The molecule has 1 amide bonds. The van der Waals surface area contributed by atoms with Crippen LogP contribution in [-0.4, -0.2) is 109 Å². The standard InChI is InChI=1S/C53H95N3O9S3Si3/c1-18-56(45-39-55(35-26-36-62-11)68(60,61)50-44(45)37-49(66-50)67(54,58)59)48(57)30-25-20-19-24-29-42-43(34-33-41(63-69(12,13)51(2,3)4)32-31-40-27-22-21-23-28-40)47(65-71(16,17)53(8,9)10)38-46(42)64-70(14,15)52(5,6)7/h19,21-24,27-28,37,41-43,45-47H,18,20,25-26,29-36,38-39H2,1-17H3,(H2,54,58,59)/b24-19-/t41-,42-,43-,45?,46?,47?/m1/s1. The summed E-state index contributed by atoms with van der Waals surface area (Å²) in [6.45, 7) is 37.9. The molecular formula is C53H95N3O9S3Si3. The Bertz CT molecular complexity index is 2290. The second-order valence-corrected chi connectivity index (χ2v) is 44.1. The number of carbonyl (C=O) groups is 1. The maximum atomic E-state index is 14.1. The summed E-state index contributed by atoms with van der Waals surface area (Å²) < 4.78 is 80.9. The number of nitrogens with zero attached hydrogens (tertiary/aromatic N) is 2. The van der Waals surface area contributed by atoms with Crippen LogP contribution in [0.5, 0.6) is 0 Å². The number of nitrogens with two attached hydrogens (primary N) is 1. The number of thiophene rings is 1. The molecule has 2 N–H and O–H groups in total. The number of carbonyl (C=O) groups excluding carboxylic acids is 1. The van der Waals surface area contributed by atoms with Crippen molar-refractivity contribution in [2.24, 2.45) is 17.0 Å². The van der Waals surface area contributed by atoms with Crippen LogP contribution in [-0.2, 0) is 49.3 Å². The van der Waals surface area contributed by atoms with Gasteiger partial charge in [0, 0.05) is 51.4 Å². The quantitative estimate of drug-likeness (QED) is 0.0581. The lowest BCUT2D eigenvalue weighted by atomic mass is 9.85. The summed E-state index contributed by atoms with van der Waals surface area (Å²) in [5, 5.41) is 5.69. The van der Waals surface area contributed by atoms with Gasteiger partial charge in [-0.25, -0.2) is 22.0 Å². The molecule has 18 heteroatoms. The fourth-order valence-electron chi connectivity index (χ4n) is 9.21. The number of rotatable bonds is 25. The van der Waals surface area contributed by atoms with Gasteiger partial charge in [0.15, 0.2) is 25.0 Å². The first-order chi connectivity index (χ1) is 32.6. The molecule has 1 saturated carbocycles. The van der Waals surface area contributed by atoms with E-state index in [2.05, 4.69) is 144 Å². The Kier molecular flexibility index (Phi) is 21.5. The summed E-state index contributed by atoms with van der Waals surface area (Å²) in [7, 11) is -13.0. The summed E-state index contributed by atoms with van der Waals surface area (Å²) in [5.41, 5.74) is 1.65. The Labute approximate surface area is 439 Å². The lowest BCUT2D eigenvalue weighted by molar-refractivity contribution is -0.134. The van der Waals surface area contributed by atoms with Gasteiger partial charge >= 0.3 is 0 Å². The molecule has 406 valence electrons. The first kappa shape index (κ1) is 62.0. The molecule has 0 bridgehead atoms. The van der Waals surface area contributed by atoms with E-state index in [1.54, 1.807) is 12.0 Å². The number of primary sulfonamides is 1. The van der Waals surface area contributed by atoms with Crippen molar-refractivity contribution in [3.05, 3.63) is 59.7 Å². The minimum absolute atomic E-state index is 0.0241. The molecule has 1 aromatic carbocycles. The Morgan fingerprint density at radius 3 is 1.99 bits per heavy atom. The van der Waals surface area contributed by atoms with E-state index in [1.165, 1.54) is 15.9 Å². The van der Waals surface area contributed by atoms with E-state index in [4.69, 9.17) is 23.2 Å². The normalized spacial score (nSPS) is 22.3. The fraction of sp³-hybridized carbons (Fsp3) is 0.755. The van der Waals surface area contributed by atoms with E-state index in [0.29, 0.717) is 49.3 Å². The van der Waals surface area contributed by atoms with Gasteiger partial charge in [0.05, 0.1) is 18.2 Å². The topological polar surface area (TPSA) is 155 Å². The van der Waals surface area contributed by atoms with Gasteiger partial charge in [0.1, 0.15) is 8.42 Å². The molecule has 71 heavy (non-hydrogen) atoms. The number of methoxy groups -OCH3 is 1. The maximum Gasteiger partial charge on any atom is 0.253 e. The monoisotopic (exact) mass is 1100 g/mol. The third kappa shape index (κ3) is 16.2. The maximum absolute atomic E-state index is 14.1. The van der Waals surface area contributed by atoms with E-state index in [0.717, 1.165) is 38.5 Å². The van der Waals surface area contributed by atoms with Crippen LogP contribution >= 0.6 is 11.3 Å². The number of likely N-dealkylation sites (N-methyl/N-ethyl adjacent to an activating group) is 1. The smallest absolute Gasteiger partial charge is 0.253 e. The Morgan fingerprint density at radius 1 is 0.873 bits per heavy atom. The van der Waals surface area contributed by atoms with Crippen LogP contribution in [0.3, 0.4) is 0 Å². The van der Waals surface area contributed by atoms with Crippen LogP contribution in [0.4, 0.5) is 0 Å². The van der Waals surface area contributed by atoms with Crippen LogP contribution in [0, 0.1) is 11.8 Å². The number of fused-ring (bicyclic) bond motifs is 1. The number of ether oxygens (including phenoxy) is 1. The van der Waals surface area contributed by atoms with Crippen molar-refractivity contribution in [2.45, 2.75) is 221 Å². The molecule has 1 aromatic heterocycles. The average molecular weight is 1100 g/mol. The fourth-order valence-corrected chi connectivity index (χ4v) is 17.7. The highest BCUT2D eigenvalue weighted by Gasteiger charge is 2.51. The molecule has 2 aromatic rings. The van der Waals surface area contributed by atoms with Crippen LogP contribution in [0.25, 0.3) is 0 Å². The molecule has 4 rings (SSSR count). The zero-order chi connectivity index (χ0) is 53.6. The molecule has 3 unspecified atom stereocenters. The van der Waals surface area contributed by atoms with E-state index in [-0.39, 0.29) is 79.1 Å². The number of allylic oxidation sites excluding steroid dienone is 2. The summed E-state index contributed by atoms with van der Waals surface area (Å²) in [6.07, 6.45) is 12.4. The number of hydrogen-bond acceptors (Lipinski definition) is 10. The molecule has 0 spiro atoms. The number of hydrogen-bond donors (Lipinski definition) is 1. The van der Waals surface area contributed by atoms with Crippen molar-refractivity contribution < 1.29 is 39.6 Å². The van der Waals surface area contributed by atoms with Crippen LogP contribution in [0.15, 0.2) is 57.0 Å². The Balaban J connectivity index is 1.61. The molecule has 0 saturated heterocycles. The van der Waals surface area contributed by atoms with Gasteiger partial charge in [-0.2, -0.15) is 4.31 Å². The summed E-state index contributed by atoms with van der Waals surface area (Å²) in [6, 6.07) is 11.5. The summed E-state index contributed by atoms with van der Waals surface area (Å²) in [4.78, 5) is 15.8. The van der Waals surface area contributed by atoms with Crippen molar-refractivity contribution in [1.29, 1.82) is 0 Å². The molecule has 6 atom stereocenters. The summed E-state index contributed by atoms with van der Waals surface area (Å²) in [5.74, 6) is 0.407. The van der Waals surface area contributed by atoms with Gasteiger partial charge in [-0.15, -0.1) is 11.3 Å². The van der Waals surface area contributed by atoms with Crippen molar-refractivity contribution in [3.63, 3.8) is 0 Å². The lowest BCUT2D eigenvalue weighted by Crippen LogP contribution is -2.47. The largest absolute Gasteiger partial charge is 0.414 e. The van der Waals surface area contributed by atoms with Crippen LogP contribution in [0.2, 0.25) is 54.4 Å². The van der Waals surface area contributed by atoms with Crippen LogP contribution in [0.1, 0.15) is 144 Å². The molecule has 0 radical (unpaired) electrons. The van der Waals surface area contributed by atoms with Crippen LogP contribution < -0.4 is 5.14 Å². The highest BCUT2D eigenvalue weighted by atomic mass is 32.3. The Hall–Kier alpha value is -1.56. The van der Waals surface area contributed by atoms with Crippen molar-refractivity contribution in [1.82, 2.24) is 9.21 Å². The van der Waals surface area contributed by atoms with E-state index in [1.807, 2.05) is 6.92 Å². The van der Waals surface area contributed by atoms with Crippen molar-refractivity contribution in [2.75, 3.05) is 33.4 Å². The highest BCUT2D eigenvalue weighted by Crippen LogP contribution is 2.50. The van der Waals surface area contributed by atoms with Crippen molar-refractivity contribution >= 4 is 62.2 Å². The number of aryl methyl sites for hydroxylation is 1. The van der Waals surface area contributed by atoms with E-state index in [9.17, 15) is 21.6 Å². The third-order valence-corrected chi connectivity index (χ3v) is 35.1. The molecule has 1 aliphatic carbocycles. The van der Waals surface area contributed by atoms with Gasteiger partial charge in [-0.05, 0) is 143 Å². The van der Waals surface area contributed by atoms with E-state index < -0.39 is 51.0 Å². The first-order valence-electron chi connectivity index (χ1n) is 26.3. The predicted molar refractivity (Wildman–Crippen MR) is 300 cm³/mol. The molecular weight excluding hydrogens is 1000 g/mol. The number of unbranched alkanes of at least 4 members (excludes halogenated alkanes) is 1. The second kappa shape index (κ2) is 24.6. The van der Waals surface area contributed by atoms with Gasteiger partial charge in [0.2, 0.25) is 15.9 Å². The highest BCUT2D eigenvalue weighted by molar-refractivity contribution is 7.94. The minimum Gasteiger partial charge on any atom is -0.414 e. The predicted octanol–water partition coefficient (Wildman–Crippen LogP) is 12.7. The number of sulfonamides is 2. The number of amides is 1. The zero-order valence-electron chi connectivity index (χ0n) is 46.9. The van der Waals surface area contributed by atoms with E-state index >= 15 is 0 Å². The molecule has 1 aliphatic heterocycles. The molecule has 1 fully saturated rings. The van der Waals surface area contributed by atoms with Gasteiger partial charge < -0.3 is 22.9 Å². The molecule has 2 heterocycles. The zero-order valence-corrected chi connectivity index (χ0v) is 52.3. The minimum atomic E-state index is -4.17. The average Bonchev–Trinajstić information content (AvgIpc) is 3.83.